The SMILES string of the molecule is CC1=[N+](C)c2ccccc2C1C(C)[N+]1=C(C)C(C)(C)c2ccccc21. The van der Waals surface area contributed by atoms with Crippen molar-refractivity contribution < 1.29 is 9.15 Å². The molecule has 0 aliphatic carbocycles. The van der Waals surface area contributed by atoms with E-state index < -0.39 is 0 Å². The van der Waals surface area contributed by atoms with Crippen molar-refractivity contribution in [1.82, 2.24) is 0 Å². The molecule has 25 heavy (non-hydrogen) atoms. The summed E-state index contributed by atoms with van der Waals surface area (Å²) in [5, 5.41) is 0. The molecule has 2 heterocycles. The van der Waals surface area contributed by atoms with E-state index in [-0.39, 0.29) is 5.41 Å². The smallest absolute Gasteiger partial charge is 0.202 e. The molecule has 2 unspecified atom stereocenters. The molecule has 2 heteroatoms. The summed E-state index contributed by atoms with van der Waals surface area (Å²) in [7, 11) is 2.19. The first kappa shape index (κ1) is 16.3. The second kappa shape index (κ2) is 5.39. The van der Waals surface area contributed by atoms with E-state index in [1.165, 1.54) is 33.9 Å². The molecule has 0 N–H and O–H groups in total. The maximum absolute atomic E-state index is 2.58. The zero-order valence-electron chi connectivity index (χ0n) is 16.2. The number of benzene rings is 2. The van der Waals surface area contributed by atoms with E-state index in [2.05, 4.69) is 99.3 Å². The third kappa shape index (κ3) is 2.09. The summed E-state index contributed by atoms with van der Waals surface area (Å²) in [5.41, 5.74) is 8.58. The first-order chi connectivity index (χ1) is 11.9. The van der Waals surface area contributed by atoms with Gasteiger partial charge in [-0.05, 0) is 20.8 Å². The van der Waals surface area contributed by atoms with Crippen molar-refractivity contribution in [3.8, 4) is 0 Å². The van der Waals surface area contributed by atoms with Gasteiger partial charge in [0.05, 0.1) is 5.41 Å². The van der Waals surface area contributed by atoms with E-state index in [0.717, 1.165) is 0 Å². The lowest BCUT2D eigenvalue weighted by Crippen LogP contribution is -2.35. The lowest BCUT2D eigenvalue weighted by atomic mass is 9.82. The van der Waals surface area contributed by atoms with Crippen molar-refractivity contribution in [1.29, 1.82) is 0 Å². The molecule has 128 valence electrons. The molecule has 2 aromatic rings. The fraction of sp³-hybridized carbons (Fsp3) is 0.391. The first-order valence-electron chi connectivity index (χ1n) is 9.24. The molecule has 0 amide bonds. The fourth-order valence-electron chi connectivity index (χ4n) is 4.85. The van der Waals surface area contributed by atoms with Gasteiger partial charge in [0.15, 0.2) is 17.5 Å². The molecule has 2 nitrogen and oxygen atoms in total. The van der Waals surface area contributed by atoms with Crippen LogP contribution in [0.15, 0.2) is 48.5 Å². The zero-order valence-corrected chi connectivity index (χ0v) is 16.2. The molecule has 0 fully saturated rings. The molecular weight excluding hydrogens is 304 g/mol. The Balaban J connectivity index is 1.88. The van der Waals surface area contributed by atoms with Gasteiger partial charge in [0.25, 0.3) is 0 Å². The number of hydrogen-bond acceptors (Lipinski definition) is 0. The van der Waals surface area contributed by atoms with Crippen molar-refractivity contribution in [2.75, 3.05) is 7.05 Å². The van der Waals surface area contributed by atoms with Crippen LogP contribution in [0.1, 0.15) is 51.7 Å². The van der Waals surface area contributed by atoms with Gasteiger partial charge < -0.3 is 0 Å². The van der Waals surface area contributed by atoms with E-state index in [0.29, 0.717) is 12.0 Å². The van der Waals surface area contributed by atoms with Gasteiger partial charge in [-0.1, -0.05) is 36.4 Å². The average molecular weight is 332 g/mol. The predicted octanol–water partition coefficient (Wildman–Crippen LogP) is 5.00. The van der Waals surface area contributed by atoms with Crippen LogP contribution in [-0.2, 0) is 5.41 Å². The van der Waals surface area contributed by atoms with Crippen molar-refractivity contribution in [3.05, 3.63) is 59.7 Å². The lowest BCUT2D eigenvalue weighted by Gasteiger charge is -2.18. The van der Waals surface area contributed by atoms with Crippen molar-refractivity contribution in [2.24, 2.45) is 0 Å². The number of rotatable bonds is 2. The average Bonchev–Trinajstić information content (AvgIpc) is 2.97. The summed E-state index contributed by atoms with van der Waals surface area (Å²) in [6.07, 6.45) is 0. The minimum atomic E-state index is 0.0861. The van der Waals surface area contributed by atoms with E-state index in [9.17, 15) is 0 Å². The second-order valence-electron chi connectivity index (χ2n) is 8.08. The van der Waals surface area contributed by atoms with Crippen molar-refractivity contribution >= 4 is 22.8 Å². The highest BCUT2D eigenvalue weighted by atomic mass is 15.1. The highest BCUT2D eigenvalue weighted by Crippen LogP contribution is 2.44. The van der Waals surface area contributed by atoms with E-state index in [4.69, 9.17) is 0 Å². The van der Waals surface area contributed by atoms with Crippen molar-refractivity contribution in [3.63, 3.8) is 0 Å². The molecule has 0 bridgehead atoms. The van der Waals surface area contributed by atoms with Crippen LogP contribution in [0.25, 0.3) is 0 Å². The standard InChI is InChI=1S/C23H28N2/c1-15-22(18-11-7-9-13-20(18)24(15)6)16(2)25-17(3)23(4,5)19-12-8-10-14-21(19)25/h7-14,16,22H,1-6H3/q+2. The summed E-state index contributed by atoms with van der Waals surface area (Å²) in [6.45, 7) is 11.7. The number of hydrogen-bond donors (Lipinski definition) is 0. The monoisotopic (exact) mass is 332 g/mol. The summed E-state index contributed by atoms with van der Waals surface area (Å²) in [4.78, 5) is 0. The van der Waals surface area contributed by atoms with Gasteiger partial charge in [0.2, 0.25) is 11.4 Å². The zero-order chi connectivity index (χ0) is 17.9. The van der Waals surface area contributed by atoms with Crippen LogP contribution >= 0.6 is 0 Å². The van der Waals surface area contributed by atoms with Gasteiger partial charge >= 0.3 is 0 Å². The number of para-hydroxylation sites is 2. The van der Waals surface area contributed by atoms with Crippen molar-refractivity contribution in [2.45, 2.75) is 52.0 Å². The Labute approximate surface area is 151 Å². The van der Waals surface area contributed by atoms with Gasteiger partial charge in [-0.3, -0.25) is 0 Å². The molecule has 2 aliphatic heterocycles. The van der Waals surface area contributed by atoms with Crippen LogP contribution in [0.4, 0.5) is 11.4 Å². The molecule has 4 rings (SSSR count). The Morgan fingerprint density at radius 2 is 1.52 bits per heavy atom. The molecule has 2 aliphatic rings. The van der Waals surface area contributed by atoms with Crippen LogP contribution in [-0.4, -0.2) is 33.7 Å². The Bertz CT molecular complexity index is 931. The molecule has 0 saturated carbocycles. The Morgan fingerprint density at radius 1 is 0.920 bits per heavy atom. The first-order valence-corrected chi connectivity index (χ1v) is 9.24. The molecule has 2 aromatic carbocycles. The van der Waals surface area contributed by atoms with E-state index in [1.807, 2.05) is 0 Å². The third-order valence-electron chi connectivity index (χ3n) is 6.60. The van der Waals surface area contributed by atoms with Crippen LogP contribution in [0.3, 0.4) is 0 Å². The molecule has 0 spiro atoms. The van der Waals surface area contributed by atoms with Crippen LogP contribution < -0.4 is 0 Å². The van der Waals surface area contributed by atoms with E-state index >= 15 is 0 Å². The molecule has 0 aromatic heterocycles. The number of nitrogens with zero attached hydrogens (tertiary/aromatic N) is 2. The summed E-state index contributed by atoms with van der Waals surface area (Å²) in [5.74, 6) is 0.415. The van der Waals surface area contributed by atoms with Gasteiger partial charge in [0.1, 0.15) is 13.0 Å². The normalized spacial score (nSPS) is 22.2. The largest absolute Gasteiger partial charge is 0.209 e. The Hall–Kier alpha value is -2.22. The van der Waals surface area contributed by atoms with E-state index in [1.54, 1.807) is 0 Å². The Morgan fingerprint density at radius 3 is 2.24 bits per heavy atom. The molecule has 0 saturated heterocycles. The molecule has 2 atom stereocenters. The van der Waals surface area contributed by atoms with Crippen LogP contribution in [0, 0.1) is 0 Å². The Kier molecular flexibility index (Phi) is 3.50. The summed E-state index contributed by atoms with van der Waals surface area (Å²) >= 11 is 0. The second-order valence-corrected chi connectivity index (χ2v) is 8.08. The topological polar surface area (TPSA) is 6.02 Å². The van der Waals surface area contributed by atoms with Gasteiger partial charge in [-0.25, -0.2) is 4.58 Å². The molecular formula is C23H28N2+2. The third-order valence-corrected chi connectivity index (χ3v) is 6.60. The van der Waals surface area contributed by atoms with Gasteiger partial charge in [-0.15, -0.1) is 0 Å². The van der Waals surface area contributed by atoms with Gasteiger partial charge in [0, 0.05) is 37.1 Å². The highest BCUT2D eigenvalue weighted by Gasteiger charge is 2.49. The maximum Gasteiger partial charge on any atom is 0.209 e. The predicted molar refractivity (Wildman–Crippen MR) is 105 cm³/mol. The van der Waals surface area contributed by atoms with Crippen LogP contribution in [0.2, 0.25) is 0 Å². The maximum atomic E-state index is 2.58. The summed E-state index contributed by atoms with van der Waals surface area (Å²) in [6, 6.07) is 18.1. The van der Waals surface area contributed by atoms with Crippen LogP contribution in [0.5, 0.6) is 0 Å². The lowest BCUT2D eigenvalue weighted by molar-refractivity contribution is -0.481. The minimum Gasteiger partial charge on any atom is -0.202 e. The highest BCUT2D eigenvalue weighted by molar-refractivity contribution is 5.94. The molecule has 0 radical (unpaired) electrons. The number of fused-ring (bicyclic) bond motifs is 2. The van der Waals surface area contributed by atoms with Gasteiger partial charge in [-0.2, -0.15) is 4.58 Å². The fourth-order valence-corrected chi connectivity index (χ4v) is 4.85. The minimum absolute atomic E-state index is 0.0861. The quantitative estimate of drug-likeness (QED) is 0.683. The summed E-state index contributed by atoms with van der Waals surface area (Å²) < 4.78 is 4.94.